The quantitative estimate of drug-likeness (QED) is 0.270. The molecule has 2 atom stereocenters. The number of nitrogens with zero attached hydrogens (tertiary/aromatic N) is 2. The number of rotatable bonds is 10. The average molecular weight is 604 g/mol. The van der Waals surface area contributed by atoms with Gasteiger partial charge in [-0.25, -0.2) is 18.2 Å². The van der Waals surface area contributed by atoms with Gasteiger partial charge in [-0.3, -0.25) is 4.79 Å². The molecule has 1 fully saturated rings. The minimum atomic E-state index is -3.88. The van der Waals surface area contributed by atoms with Gasteiger partial charge in [-0.15, -0.1) is 0 Å². The summed E-state index contributed by atoms with van der Waals surface area (Å²) in [5.41, 5.74) is 2.91. The predicted octanol–water partition coefficient (Wildman–Crippen LogP) is 3.97. The lowest BCUT2D eigenvalue weighted by Gasteiger charge is -2.25. The monoisotopic (exact) mass is 603 g/mol. The summed E-state index contributed by atoms with van der Waals surface area (Å²) in [5, 5.41) is 3.59. The Morgan fingerprint density at radius 2 is 1.67 bits per heavy atom. The molecule has 0 spiro atoms. The van der Waals surface area contributed by atoms with Crippen molar-refractivity contribution in [2.75, 3.05) is 27.9 Å². The molecule has 224 valence electrons. The number of carbonyl (C=O) groups is 2. The van der Waals surface area contributed by atoms with Gasteiger partial charge in [0.25, 0.3) is 0 Å². The maximum absolute atomic E-state index is 13.4. The molecule has 1 aliphatic heterocycles. The van der Waals surface area contributed by atoms with Crippen LogP contribution in [0.2, 0.25) is 0 Å². The SMILES string of the molecule is COC(=O)C(Cc1ccc2nc(-c3c(OC)cccc3OC)ccc2c1)NC(=O)C1CCCN1S(=O)(=O)c1ccccc1. The average Bonchev–Trinajstić information content (AvgIpc) is 3.55. The Hall–Kier alpha value is -4.48. The minimum Gasteiger partial charge on any atom is -0.496 e. The van der Waals surface area contributed by atoms with E-state index in [1.165, 1.54) is 23.5 Å². The van der Waals surface area contributed by atoms with Gasteiger partial charge < -0.3 is 19.5 Å². The van der Waals surface area contributed by atoms with Gasteiger partial charge in [0.15, 0.2) is 0 Å². The van der Waals surface area contributed by atoms with E-state index in [9.17, 15) is 18.0 Å². The standard InChI is InChI=1S/C32H33N3O7S/c1-40-28-12-7-13-29(41-2)30(28)25-17-15-22-19-21(14-16-24(22)33-25)20-26(32(37)42-3)34-31(36)27-11-8-18-35(27)43(38,39)23-9-5-4-6-10-23/h4-7,9-10,12-17,19,26-27H,8,11,18,20H2,1-3H3,(H,34,36). The summed E-state index contributed by atoms with van der Waals surface area (Å²) >= 11 is 0. The van der Waals surface area contributed by atoms with Crippen molar-refractivity contribution in [3.63, 3.8) is 0 Å². The van der Waals surface area contributed by atoms with Gasteiger partial charge >= 0.3 is 5.97 Å². The fraction of sp³-hybridized carbons (Fsp3) is 0.281. The van der Waals surface area contributed by atoms with Crippen molar-refractivity contribution >= 4 is 32.8 Å². The van der Waals surface area contributed by atoms with Crippen LogP contribution in [0.1, 0.15) is 18.4 Å². The van der Waals surface area contributed by atoms with Crippen LogP contribution in [-0.4, -0.2) is 69.5 Å². The normalized spacial score (nSPS) is 16.0. The number of esters is 1. The fourth-order valence-corrected chi connectivity index (χ4v) is 7.08. The fourth-order valence-electron chi connectivity index (χ4n) is 5.40. The van der Waals surface area contributed by atoms with Crippen LogP contribution >= 0.6 is 0 Å². The number of fused-ring (bicyclic) bond motifs is 1. The maximum Gasteiger partial charge on any atom is 0.328 e. The van der Waals surface area contributed by atoms with Crippen molar-refractivity contribution in [3.8, 4) is 22.8 Å². The molecule has 0 aliphatic carbocycles. The first-order valence-corrected chi connectivity index (χ1v) is 15.3. The summed E-state index contributed by atoms with van der Waals surface area (Å²) in [6.45, 7) is 0.221. The molecule has 5 rings (SSSR count). The summed E-state index contributed by atoms with van der Waals surface area (Å²) in [7, 11) is 0.558. The van der Waals surface area contributed by atoms with Crippen molar-refractivity contribution < 1.29 is 32.2 Å². The number of ether oxygens (including phenoxy) is 3. The summed E-state index contributed by atoms with van der Waals surface area (Å²) in [6.07, 6.45) is 1.04. The summed E-state index contributed by atoms with van der Waals surface area (Å²) < 4.78 is 43.8. The lowest BCUT2D eigenvalue weighted by molar-refractivity contribution is -0.145. The van der Waals surface area contributed by atoms with Gasteiger partial charge in [0.2, 0.25) is 15.9 Å². The van der Waals surface area contributed by atoms with Crippen LogP contribution in [0.15, 0.2) is 83.8 Å². The molecular formula is C32H33N3O7S. The van der Waals surface area contributed by atoms with E-state index >= 15 is 0 Å². The second kappa shape index (κ2) is 12.8. The second-order valence-corrected chi connectivity index (χ2v) is 12.0. The molecule has 4 aromatic rings. The molecule has 0 bridgehead atoms. The molecule has 0 radical (unpaired) electrons. The third kappa shape index (κ3) is 6.18. The van der Waals surface area contributed by atoms with Crippen molar-refractivity contribution in [2.24, 2.45) is 0 Å². The molecule has 1 aromatic heterocycles. The lowest BCUT2D eigenvalue weighted by atomic mass is 10.0. The maximum atomic E-state index is 13.4. The Balaban J connectivity index is 1.36. The molecule has 1 aliphatic rings. The largest absolute Gasteiger partial charge is 0.496 e. The third-order valence-electron chi connectivity index (χ3n) is 7.54. The first-order valence-electron chi connectivity index (χ1n) is 13.8. The summed E-state index contributed by atoms with van der Waals surface area (Å²) in [5.74, 6) is 0.111. The molecule has 1 saturated heterocycles. The Labute approximate surface area is 250 Å². The topological polar surface area (TPSA) is 124 Å². The molecule has 43 heavy (non-hydrogen) atoms. The van der Waals surface area contributed by atoms with Crippen LogP contribution in [0.4, 0.5) is 0 Å². The third-order valence-corrected chi connectivity index (χ3v) is 9.46. The summed E-state index contributed by atoms with van der Waals surface area (Å²) in [6, 6.07) is 21.0. The van der Waals surface area contributed by atoms with Gasteiger partial charge in [0.1, 0.15) is 23.6 Å². The van der Waals surface area contributed by atoms with E-state index in [0.717, 1.165) is 22.0 Å². The molecule has 0 saturated carbocycles. The van der Waals surface area contributed by atoms with E-state index in [0.29, 0.717) is 30.0 Å². The van der Waals surface area contributed by atoms with Crippen LogP contribution < -0.4 is 14.8 Å². The molecule has 2 heterocycles. The van der Waals surface area contributed by atoms with Crippen LogP contribution in [-0.2, 0) is 30.8 Å². The van der Waals surface area contributed by atoms with Crippen molar-refractivity contribution in [1.29, 1.82) is 0 Å². The van der Waals surface area contributed by atoms with Crippen molar-refractivity contribution in [3.05, 3.63) is 84.4 Å². The highest BCUT2D eigenvalue weighted by molar-refractivity contribution is 7.89. The molecular weight excluding hydrogens is 570 g/mol. The number of aromatic nitrogens is 1. The first kappa shape index (κ1) is 30.0. The van der Waals surface area contributed by atoms with E-state index in [2.05, 4.69) is 5.32 Å². The van der Waals surface area contributed by atoms with E-state index in [1.54, 1.807) is 32.4 Å². The highest BCUT2D eigenvalue weighted by Crippen LogP contribution is 2.38. The Morgan fingerprint density at radius 1 is 0.953 bits per heavy atom. The van der Waals surface area contributed by atoms with E-state index in [-0.39, 0.29) is 17.9 Å². The van der Waals surface area contributed by atoms with E-state index < -0.39 is 34.0 Å². The van der Waals surface area contributed by atoms with Gasteiger partial charge in [-0.05, 0) is 60.9 Å². The zero-order chi connectivity index (χ0) is 30.6. The zero-order valence-electron chi connectivity index (χ0n) is 24.1. The minimum absolute atomic E-state index is 0.122. The van der Waals surface area contributed by atoms with E-state index in [4.69, 9.17) is 19.2 Å². The first-order chi connectivity index (χ1) is 20.8. The Kier molecular flexibility index (Phi) is 8.93. The number of sulfonamides is 1. The molecule has 3 aromatic carbocycles. The molecule has 11 heteroatoms. The summed E-state index contributed by atoms with van der Waals surface area (Å²) in [4.78, 5) is 31.1. The molecule has 2 unspecified atom stereocenters. The highest BCUT2D eigenvalue weighted by Gasteiger charge is 2.40. The van der Waals surface area contributed by atoms with Crippen molar-refractivity contribution in [1.82, 2.24) is 14.6 Å². The van der Waals surface area contributed by atoms with Gasteiger partial charge in [-0.1, -0.05) is 36.4 Å². The van der Waals surface area contributed by atoms with E-state index in [1.807, 2.05) is 48.5 Å². The van der Waals surface area contributed by atoms with Gasteiger partial charge in [0.05, 0.1) is 43.0 Å². The highest BCUT2D eigenvalue weighted by atomic mass is 32.2. The number of benzene rings is 3. The van der Waals surface area contributed by atoms with Crippen LogP contribution in [0.3, 0.4) is 0 Å². The smallest absolute Gasteiger partial charge is 0.328 e. The number of hydrogen-bond acceptors (Lipinski definition) is 8. The van der Waals surface area contributed by atoms with Gasteiger partial charge in [-0.2, -0.15) is 4.31 Å². The Morgan fingerprint density at radius 3 is 2.35 bits per heavy atom. The number of hydrogen-bond donors (Lipinski definition) is 1. The number of pyridine rings is 1. The number of amides is 1. The van der Waals surface area contributed by atoms with Crippen LogP contribution in [0, 0.1) is 0 Å². The molecule has 10 nitrogen and oxygen atoms in total. The number of carbonyl (C=O) groups excluding carboxylic acids is 2. The molecule has 1 amide bonds. The number of methoxy groups -OCH3 is 3. The van der Waals surface area contributed by atoms with Crippen LogP contribution in [0.25, 0.3) is 22.2 Å². The Bertz CT molecular complexity index is 1720. The van der Waals surface area contributed by atoms with Crippen LogP contribution in [0.5, 0.6) is 11.5 Å². The zero-order valence-corrected chi connectivity index (χ0v) is 25.0. The number of nitrogens with one attached hydrogen (secondary N) is 1. The van der Waals surface area contributed by atoms with Gasteiger partial charge in [0, 0.05) is 18.4 Å². The lowest BCUT2D eigenvalue weighted by Crippen LogP contribution is -2.51. The second-order valence-electron chi connectivity index (χ2n) is 10.1. The van der Waals surface area contributed by atoms with Crippen molar-refractivity contribution in [2.45, 2.75) is 36.2 Å². The predicted molar refractivity (Wildman–Crippen MR) is 161 cm³/mol. The molecule has 1 N–H and O–H groups in total.